The molecule has 4 atom stereocenters. The molecule has 44 heavy (non-hydrogen) atoms. The molecule has 0 aliphatic carbocycles. The highest BCUT2D eigenvalue weighted by molar-refractivity contribution is 5.80. The number of nitrogens with one attached hydrogen (secondary N) is 1. The maximum atomic E-state index is 12.4. The summed E-state index contributed by atoms with van der Waals surface area (Å²) < 4.78 is 0. The summed E-state index contributed by atoms with van der Waals surface area (Å²) in [5.74, 6) is -0.587. The number of aliphatic hydroxyl groups is 4. The van der Waals surface area contributed by atoms with Crippen LogP contribution in [0.3, 0.4) is 0 Å². The first kappa shape index (κ1) is 43.0. The van der Waals surface area contributed by atoms with Gasteiger partial charge in [0.05, 0.1) is 18.8 Å². The minimum absolute atomic E-state index is 0.371. The summed E-state index contributed by atoms with van der Waals surface area (Å²) in [5, 5.41) is 43.4. The minimum atomic E-state index is -1.26. The zero-order valence-electron chi connectivity index (χ0n) is 29.2. The number of amides is 1. The molecule has 6 nitrogen and oxygen atoms in total. The molecule has 0 saturated heterocycles. The van der Waals surface area contributed by atoms with E-state index in [1.54, 1.807) is 0 Å². The Bertz CT molecular complexity index is 628. The van der Waals surface area contributed by atoms with Crippen LogP contribution >= 0.6 is 0 Å². The van der Waals surface area contributed by atoms with E-state index in [-0.39, 0.29) is 0 Å². The van der Waals surface area contributed by atoms with Gasteiger partial charge in [-0.15, -0.1) is 0 Å². The van der Waals surface area contributed by atoms with Crippen molar-refractivity contribution in [1.82, 2.24) is 5.32 Å². The molecular formula is C38H75NO5. The number of allylic oxidation sites excluding steroid dienone is 2. The molecular weight excluding hydrogens is 550 g/mol. The molecule has 0 aromatic rings. The largest absolute Gasteiger partial charge is 0.394 e. The van der Waals surface area contributed by atoms with Crippen LogP contribution in [0.1, 0.15) is 194 Å². The number of hydrogen-bond acceptors (Lipinski definition) is 5. The van der Waals surface area contributed by atoms with Crippen molar-refractivity contribution in [3.05, 3.63) is 12.2 Å². The van der Waals surface area contributed by atoms with Crippen LogP contribution in [-0.4, -0.2) is 57.3 Å². The summed E-state index contributed by atoms with van der Waals surface area (Å²) in [6, 6.07) is -0.983. The molecule has 1 amide bonds. The summed E-state index contributed by atoms with van der Waals surface area (Å²) in [5.41, 5.74) is 0. The lowest BCUT2D eigenvalue weighted by Gasteiger charge is -2.27. The summed E-state index contributed by atoms with van der Waals surface area (Å²) in [4.78, 5) is 12.4. The molecule has 0 bridgehead atoms. The Morgan fingerprint density at radius 2 is 0.909 bits per heavy atom. The van der Waals surface area contributed by atoms with Crippen LogP contribution in [0.2, 0.25) is 0 Å². The Kier molecular flexibility index (Phi) is 32.7. The van der Waals surface area contributed by atoms with Crippen molar-refractivity contribution in [1.29, 1.82) is 0 Å². The summed E-state index contributed by atoms with van der Waals surface area (Å²) in [6.07, 6.45) is 33.7. The number of unbranched alkanes of at least 4 members (excludes halogenated alkanes) is 23. The molecule has 0 aromatic heterocycles. The summed E-state index contributed by atoms with van der Waals surface area (Å²) in [6.45, 7) is 4.02. The average molecular weight is 626 g/mol. The van der Waals surface area contributed by atoms with Crippen LogP contribution in [-0.2, 0) is 4.79 Å². The molecule has 0 radical (unpaired) electrons. The van der Waals surface area contributed by atoms with E-state index in [4.69, 9.17) is 0 Å². The Balaban J connectivity index is 3.81. The third-order valence-corrected chi connectivity index (χ3v) is 8.98. The lowest BCUT2D eigenvalue weighted by molar-refractivity contribution is -0.132. The van der Waals surface area contributed by atoms with Gasteiger partial charge in [-0.2, -0.15) is 0 Å². The zero-order valence-corrected chi connectivity index (χ0v) is 29.2. The fraction of sp³-hybridized carbons (Fsp3) is 0.921. The van der Waals surface area contributed by atoms with Gasteiger partial charge in [0.15, 0.2) is 0 Å². The van der Waals surface area contributed by atoms with Crippen LogP contribution in [0.5, 0.6) is 0 Å². The van der Waals surface area contributed by atoms with Gasteiger partial charge < -0.3 is 25.7 Å². The molecule has 0 aliphatic rings. The van der Waals surface area contributed by atoms with E-state index in [2.05, 4.69) is 31.3 Å². The molecule has 6 heteroatoms. The van der Waals surface area contributed by atoms with Crippen LogP contribution < -0.4 is 5.32 Å². The van der Waals surface area contributed by atoms with E-state index < -0.39 is 36.9 Å². The summed E-state index contributed by atoms with van der Waals surface area (Å²) >= 11 is 0. The molecule has 0 heterocycles. The van der Waals surface area contributed by atoms with Crippen molar-refractivity contribution in [3.8, 4) is 0 Å². The molecule has 0 rings (SSSR count). The van der Waals surface area contributed by atoms with Crippen molar-refractivity contribution >= 4 is 5.91 Å². The summed E-state index contributed by atoms with van der Waals surface area (Å²) in [7, 11) is 0. The number of hydrogen-bond donors (Lipinski definition) is 5. The van der Waals surface area contributed by atoms with Crippen molar-refractivity contribution in [2.75, 3.05) is 6.61 Å². The van der Waals surface area contributed by atoms with Gasteiger partial charge in [0.2, 0.25) is 5.91 Å². The van der Waals surface area contributed by atoms with Gasteiger partial charge in [-0.25, -0.2) is 0 Å². The fourth-order valence-electron chi connectivity index (χ4n) is 5.87. The maximum Gasteiger partial charge on any atom is 0.249 e. The predicted molar refractivity (Wildman–Crippen MR) is 187 cm³/mol. The number of carbonyl (C=O) groups is 1. The maximum absolute atomic E-state index is 12.4. The quantitative estimate of drug-likeness (QED) is 0.0362. The Hall–Kier alpha value is -0.950. The molecule has 0 aliphatic heterocycles. The molecule has 0 saturated carbocycles. The Labute approximate surface area is 272 Å². The second kappa shape index (κ2) is 33.4. The van der Waals surface area contributed by atoms with Crippen LogP contribution in [0.4, 0.5) is 0 Å². The lowest BCUT2D eigenvalue weighted by atomic mass is 9.99. The molecule has 1 unspecified atom stereocenters. The molecule has 5 N–H and O–H groups in total. The number of carbonyl (C=O) groups excluding carboxylic acids is 1. The van der Waals surface area contributed by atoms with E-state index in [1.165, 1.54) is 122 Å². The zero-order chi connectivity index (χ0) is 32.5. The number of aliphatic hydroxyl groups excluding tert-OH is 4. The highest BCUT2D eigenvalue weighted by Gasteiger charge is 2.28. The predicted octanol–water partition coefficient (Wildman–Crippen LogP) is 9.07. The fourth-order valence-corrected chi connectivity index (χ4v) is 5.87. The molecule has 0 fully saturated rings. The average Bonchev–Trinajstić information content (AvgIpc) is 3.03. The van der Waals surface area contributed by atoms with Crippen molar-refractivity contribution < 1.29 is 25.2 Å². The van der Waals surface area contributed by atoms with Crippen molar-refractivity contribution in [2.24, 2.45) is 0 Å². The third kappa shape index (κ3) is 27.4. The van der Waals surface area contributed by atoms with E-state index in [0.29, 0.717) is 12.8 Å². The van der Waals surface area contributed by atoms with Crippen molar-refractivity contribution in [2.45, 2.75) is 218 Å². The van der Waals surface area contributed by atoms with E-state index in [0.717, 1.165) is 44.9 Å². The molecule has 0 spiro atoms. The highest BCUT2D eigenvalue weighted by atomic mass is 16.3. The van der Waals surface area contributed by atoms with E-state index in [1.807, 2.05) is 0 Å². The first-order chi connectivity index (χ1) is 21.5. The monoisotopic (exact) mass is 626 g/mol. The highest BCUT2D eigenvalue weighted by Crippen LogP contribution is 2.15. The third-order valence-electron chi connectivity index (χ3n) is 8.98. The van der Waals surface area contributed by atoms with Gasteiger partial charge in [-0.3, -0.25) is 4.79 Å². The first-order valence-electron chi connectivity index (χ1n) is 19.1. The normalized spacial score (nSPS) is 14.6. The van der Waals surface area contributed by atoms with Crippen LogP contribution in [0.25, 0.3) is 0 Å². The lowest BCUT2D eigenvalue weighted by Crippen LogP contribution is -2.53. The minimum Gasteiger partial charge on any atom is -0.394 e. The molecule has 262 valence electrons. The van der Waals surface area contributed by atoms with Gasteiger partial charge in [0, 0.05) is 0 Å². The van der Waals surface area contributed by atoms with Gasteiger partial charge in [0.1, 0.15) is 12.2 Å². The van der Waals surface area contributed by atoms with Crippen LogP contribution in [0.15, 0.2) is 12.2 Å². The van der Waals surface area contributed by atoms with Gasteiger partial charge in [-0.05, 0) is 38.5 Å². The van der Waals surface area contributed by atoms with E-state index in [9.17, 15) is 25.2 Å². The Morgan fingerprint density at radius 1 is 0.545 bits per heavy atom. The standard InChI is InChI=1S/C38H75NO5/c1-3-5-7-9-11-13-15-17-18-19-20-22-23-25-27-29-31-35(41)37(43)34(33-40)39-38(44)36(42)32-30-28-26-24-21-16-14-12-10-8-6-4-2/h17-18,34-37,40-43H,3-16,19-33H2,1-2H3,(H,39,44)/b18-17-/t34?,35-,36-,37+/m1/s1. The number of rotatable bonds is 34. The Morgan fingerprint density at radius 3 is 1.32 bits per heavy atom. The first-order valence-corrected chi connectivity index (χ1v) is 19.1. The van der Waals surface area contributed by atoms with Gasteiger partial charge in [-0.1, -0.05) is 167 Å². The second-order valence-corrected chi connectivity index (χ2v) is 13.3. The van der Waals surface area contributed by atoms with Crippen LogP contribution in [0, 0.1) is 0 Å². The SMILES string of the molecule is CCCCCCCC/C=C\CCCCCCCC[C@@H](O)[C@@H](O)C(CO)NC(=O)[C@H](O)CCCCCCCCCCCCCC. The second-order valence-electron chi connectivity index (χ2n) is 13.3. The van der Waals surface area contributed by atoms with E-state index >= 15 is 0 Å². The smallest absolute Gasteiger partial charge is 0.249 e. The molecule has 0 aromatic carbocycles. The van der Waals surface area contributed by atoms with Crippen molar-refractivity contribution in [3.63, 3.8) is 0 Å². The van der Waals surface area contributed by atoms with Gasteiger partial charge in [0.25, 0.3) is 0 Å². The van der Waals surface area contributed by atoms with Gasteiger partial charge >= 0.3 is 0 Å². The topological polar surface area (TPSA) is 110 Å².